The fraction of sp³-hybridized carbons (Fsp3) is 0.414. The van der Waals surface area contributed by atoms with Crippen LogP contribution in [0.5, 0.6) is 0 Å². The lowest BCUT2D eigenvalue weighted by atomic mass is 9.95. The maximum Gasteiger partial charge on any atom is 0.325 e. The highest BCUT2D eigenvalue weighted by Gasteiger charge is 2.32. The minimum absolute atomic E-state index is 0.00175. The molecule has 0 radical (unpaired) electrons. The van der Waals surface area contributed by atoms with Crippen molar-refractivity contribution < 1.29 is 22.8 Å². The van der Waals surface area contributed by atoms with E-state index in [0.717, 1.165) is 10.7 Å². The summed E-state index contributed by atoms with van der Waals surface area (Å²) in [5.74, 6) is -0.903. The first kappa shape index (κ1) is 29.7. The maximum absolute atomic E-state index is 13.0. The number of likely N-dealkylation sites (tertiary alicyclic amines) is 1. The minimum Gasteiger partial charge on any atom is -0.355 e. The van der Waals surface area contributed by atoms with Crippen LogP contribution in [0.2, 0.25) is 0 Å². The normalized spacial score (nSPS) is 15.9. The fourth-order valence-corrected chi connectivity index (χ4v) is 6.01. The van der Waals surface area contributed by atoms with Crippen LogP contribution in [-0.4, -0.2) is 62.6 Å². The Morgan fingerprint density at radius 1 is 1.22 bits per heavy atom. The van der Waals surface area contributed by atoms with Gasteiger partial charge in [0, 0.05) is 51.0 Å². The zero-order chi connectivity index (χ0) is 29.6. The standard InChI is InChI=1S/C29H34N6O5S/c1-3-4-11-26(36)24-18-22(19-30)28(31-25(24)20-35-15-8-12-27(35)37)34-16-13-21(14-17-34)29(38)32-41(39,40)33(2)23-9-6-5-7-10-23/h3,5-7,9-10,18,21H,1,4,8,11-17,20H2,2H3,(H,32,38). The number of para-hydroxylation sites is 1. The lowest BCUT2D eigenvalue weighted by Crippen LogP contribution is -2.47. The summed E-state index contributed by atoms with van der Waals surface area (Å²) >= 11 is 0. The predicted octanol–water partition coefficient (Wildman–Crippen LogP) is 2.94. The molecule has 12 heteroatoms. The summed E-state index contributed by atoms with van der Waals surface area (Å²) in [6.45, 7) is 5.15. The summed E-state index contributed by atoms with van der Waals surface area (Å²) in [4.78, 5) is 46.5. The quantitative estimate of drug-likeness (QED) is 0.317. The van der Waals surface area contributed by atoms with Crippen LogP contribution in [0, 0.1) is 17.2 Å². The van der Waals surface area contributed by atoms with Crippen molar-refractivity contribution in [3.8, 4) is 6.07 Å². The molecule has 1 aromatic carbocycles. The average molecular weight is 579 g/mol. The van der Waals surface area contributed by atoms with E-state index in [0.29, 0.717) is 68.1 Å². The smallest absolute Gasteiger partial charge is 0.325 e. The molecule has 2 aliphatic rings. The molecule has 4 rings (SSSR count). The van der Waals surface area contributed by atoms with Gasteiger partial charge in [-0.1, -0.05) is 24.3 Å². The van der Waals surface area contributed by atoms with Gasteiger partial charge in [-0.3, -0.25) is 18.7 Å². The van der Waals surface area contributed by atoms with E-state index in [1.54, 1.807) is 47.4 Å². The summed E-state index contributed by atoms with van der Waals surface area (Å²) < 4.78 is 28.8. The van der Waals surface area contributed by atoms with E-state index in [4.69, 9.17) is 4.98 Å². The Morgan fingerprint density at radius 2 is 1.93 bits per heavy atom. The SMILES string of the molecule is C=CCCC(=O)c1cc(C#N)c(N2CCC(C(=O)NS(=O)(=O)N(C)c3ccccc3)CC2)nc1CN1CCCC1=O. The third kappa shape index (κ3) is 6.92. The lowest BCUT2D eigenvalue weighted by Gasteiger charge is -2.33. The van der Waals surface area contributed by atoms with Gasteiger partial charge in [0.05, 0.1) is 23.5 Å². The zero-order valence-corrected chi connectivity index (χ0v) is 23.9. The first-order chi connectivity index (χ1) is 19.6. The summed E-state index contributed by atoms with van der Waals surface area (Å²) in [5.41, 5.74) is 1.43. The fourth-order valence-electron chi connectivity index (χ4n) is 5.05. The number of carbonyl (C=O) groups excluding carboxylic acids is 3. The molecule has 0 saturated carbocycles. The number of hydrogen-bond acceptors (Lipinski definition) is 8. The molecule has 11 nitrogen and oxygen atoms in total. The van der Waals surface area contributed by atoms with Crippen LogP contribution in [0.25, 0.3) is 0 Å². The van der Waals surface area contributed by atoms with Crippen LogP contribution in [0.3, 0.4) is 0 Å². The molecule has 2 saturated heterocycles. The lowest BCUT2D eigenvalue weighted by molar-refractivity contribution is -0.128. The van der Waals surface area contributed by atoms with E-state index < -0.39 is 22.0 Å². The average Bonchev–Trinajstić information content (AvgIpc) is 3.39. The molecular formula is C29H34N6O5S. The van der Waals surface area contributed by atoms with Crippen molar-refractivity contribution in [2.24, 2.45) is 5.92 Å². The highest BCUT2D eigenvalue weighted by Crippen LogP contribution is 2.29. The van der Waals surface area contributed by atoms with Crippen molar-refractivity contribution in [2.45, 2.75) is 45.1 Å². The summed E-state index contributed by atoms with van der Waals surface area (Å²) in [5, 5.41) is 9.92. The van der Waals surface area contributed by atoms with Crippen molar-refractivity contribution in [2.75, 3.05) is 35.9 Å². The molecule has 1 N–H and O–H groups in total. The number of hydrogen-bond donors (Lipinski definition) is 1. The first-order valence-electron chi connectivity index (χ1n) is 13.6. The third-order valence-electron chi connectivity index (χ3n) is 7.46. The number of benzene rings is 1. The van der Waals surface area contributed by atoms with Crippen LogP contribution in [0.15, 0.2) is 49.1 Å². The Balaban J connectivity index is 1.50. The minimum atomic E-state index is -4.09. The molecule has 216 valence electrons. The second kappa shape index (κ2) is 13.0. The number of ketones is 1. The maximum atomic E-state index is 13.0. The summed E-state index contributed by atoms with van der Waals surface area (Å²) in [7, 11) is -2.71. The molecule has 0 aliphatic carbocycles. The van der Waals surface area contributed by atoms with Gasteiger partial charge < -0.3 is 9.80 Å². The van der Waals surface area contributed by atoms with Crippen molar-refractivity contribution in [3.05, 3.63) is 65.9 Å². The van der Waals surface area contributed by atoms with Crippen molar-refractivity contribution in [1.82, 2.24) is 14.6 Å². The van der Waals surface area contributed by atoms with Gasteiger partial charge >= 0.3 is 10.2 Å². The van der Waals surface area contributed by atoms with Gasteiger partial charge in [0.2, 0.25) is 11.8 Å². The zero-order valence-electron chi connectivity index (χ0n) is 23.1. The molecule has 0 spiro atoms. The number of piperidine rings is 1. The highest BCUT2D eigenvalue weighted by molar-refractivity contribution is 7.91. The van der Waals surface area contributed by atoms with Crippen molar-refractivity contribution >= 4 is 39.3 Å². The highest BCUT2D eigenvalue weighted by atomic mass is 32.2. The number of pyridine rings is 1. The number of amides is 2. The molecule has 0 bridgehead atoms. The van der Waals surface area contributed by atoms with Crippen LogP contribution in [0.4, 0.5) is 11.5 Å². The number of aromatic nitrogens is 1. The van der Waals surface area contributed by atoms with E-state index in [2.05, 4.69) is 17.4 Å². The van der Waals surface area contributed by atoms with Crippen LogP contribution in [0.1, 0.15) is 60.1 Å². The molecular weight excluding hydrogens is 544 g/mol. The van der Waals surface area contributed by atoms with Gasteiger partial charge in [-0.15, -0.1) is 6.58 Å². The number of Topliss-reactive ketones (excluding diaryl/α,β-unsaturated/α-hetero) is 1. The second-order valence-corrected chi connectivity index (χ2v) is 11.9. The monoisotopic (exact) mass is 578 g/mol. The van der Waals surface area contributed by atoms with Gasteiger partial charge in [-0.05, 0) is 43.9 Å². The van der Waals surface area contributed by atoms with E-state index in [9.17, 15) is 28.1 Å². The molecule has 0 atom stereocenters. The Bertz CT molecular complexity index is 1460. The number of anilines is 2. The number of allylic oxidation sites excluding steroid dienone is 1. The van der Waals surface area contributed by atoms with Crippen molar-refractivity contribution in [1.29, 1.82) is 5.26 Å². The van der Waals surface area contributed by atoms with Crippen molar-refractivity contribution in [3.63, 3.8) is 0 Å². The topological polar surface area (TPSA) is 144 Å². The second-order valence-electron chi connectivity index (χ2n) is 10.2. The summed E-state index contributed by atoms with van der Waals surface area (Å²) in [6, 6.07) is 12.1. The van der Waals surface area contributed by atoms with Crippen LogP contribution < -0.4 is 13.9 Å². The molecule has 2 aromatic rings. The molecule has 3 heterocycles. The van der Waals surface area contributed by atoms with Crippen LogP contribution in [-0.2, 0) is 26.3 Å². The Hall–Kier alpha value is -4.24. The largest absolute Gasteiger partial charge is 0.355 e. The van der Waals surface area contributed by atoms with Gasteiger partial charge in [0.15, 0.2) is 5.78 Å². The number of nitrogens with one attached hydrogen (secondary N) is 1. The van der Waals surface area contributed by atoms with Gasteiger partial charge in [0.25, 0.3) is 0 Å². The molecule has 2 aliphatic heterocycles. The Kier molecular flexibility index (Phi) is 9.39. The van der Waals surface area contributed by atoms with E-state index >= 15 is 0 Å². The van der Waals surface area contributed by atoms with Gasteiger partial charge in [-0.25, -0.2) is 9.71 Å². The number of nitrogens with zero attached hydrogens (tertiary/aromatic N) is 5. The third-order valence-corrected chi connectivity index (χ3v) is 8.86. The number of rotatable bonds is 11. The first-order valence-corrected chi connectivity index (χ1v) is 15.0. The van der Waals surface area contributed by atoms with Gasteiger partial charge in [0.1, 0.15) is 11.9 Å². The molecule has 41 heavy (non-hydrogen) atoms. The molecule has 2 fully saturated rings. The molecule has 1 aromatic heterocycles. The Morgan fingerprint density at radius 3 is 2.54 bits per heavy atom. The Labute approximate surface area is 240 Å². The molecule has 2 amide bonds. The predicted molar refractivity (Wildman–Crippen MR) is 154 cm³/mol. The van der Waals surface area contributed by atoms with E-state index in [-0.39, 0.29) is 30.2 Å². The van der Waals surface area contributed by atoms with E-state index in [1.807, 2.05) is 4.90 Å². The van der Waals surface area contributed by atoms with E-state index in [1.165, 1.54) is 7.05 Å². The summed E-state index contributed by atoms with van der Waals surface area (Å²) in [6.07, 6.45) is 4.26. The molecule has 0 unspecified atom stereocenters. The van der Waals surface area contributed by atoms with Gasteiger partial charge in [-0.2, -0.15) is 13.7 Å². The van der Waals surface area contributed by atoms with Crippen LogP contribution >= 0.6 is 0 Å². The number of nitriles is 1. The number of carbonyl (C=O) groups is 3.